The second-order valence-electron chi connectivity index (χ2n) is 2.77. The van der Waals surface area contributed by atoms with Gasteiger partial charge >= 0.3 is 0 Å². The van der Waals surface area contributed by atoms with Crippen LogP contribution < -0.4 is 0 Å². The minimum Gasteiger partial charge on any atom is -0.379 e. The molecule has 0 heterocycles. The maximum atomic E-state index is 11.0. The molecule has 70 valence electrons. The van der Waals surface area contributed by atoms with Gasteiger partial charge in [0.15, 0.2) is 5.78 Å². The average Bonchev–Trinajstić information content (AvgIpc) is 2.02. The molecule has 12 heavy (non-hydrogen) atoms. The van der Waals surface area contributed by atoms with Crippen molar-refractivity contribution in [2.75, 3.05) is 6.61 Å². The van der Waals surface area contributed by atoms with Crippen molar-refractivity contribution in [1.29, 1.82) is 0 Å². The lowest BCUT2D eigenvalue weighted by atomic mass is 10.1. The fourth-order valence-electron chi connectivity index (χ4n) is 0.983. The fraction of sp³-hybridized carbons (Fsp3) is 0.700. The number of ketones is 1. The van der Waals surface area contributed by atoms with Gasteiger partial charge in [-0.1, -0.05) is 6.08 Å². The number of hydrogen-bond acceptors (Lipinski definition) is 2. The summed E-state index contributed by atoms with van der Waals surface area (Å²) in [6.45, 7) is 6.53. The Hall–Kier alpha value is -0.630. The first-order chi connectivity index (χ1) is 5.70. The van der Waals surface area contributed by atoms with E-state index in [1.54, 1.807) is 12.2 Å². The summed E-state index contributed by atoms with van der Waals surface area (Å²) in [5, 5.41) is 0. The summed E-state index contributed by atoms with van der Waals surface area (Å²) in [6.07, 6.45) is 4.98. The summed E-state index contributed by atoms with van der Waals surface area (Å²) in [5.74, 6) is 0.184. The van der Waals surface area contributed by atoms with E-state index >= 15 is 0 Å². The summed E-state index contributed by atoms with van der Waals surface area (Å²) in [4.78, 5) is 11.0. The van der Waals surface area contributed by atoms with Crippen molar-refractivity contribution < 1.29 is 9.53 Å². The fourth-order valence-corrected chi connectivity index (χ4v) is 0.983. The molecule has 0 aromatic rings. The van der Waals surface area contributed by atoms with Gasteiger partial charge in [-0.15, -0.1) is 0 Å². The van der Waals surface area contributed by atoms with E-state index < -0.39 is 0 Å². The monoisotopic (exact) mass is 170 g/mol. The second-order valence-corrected chi connectivity index (χ2v) is 2.77. The molecule has 0 bridgehead atoms. The highest BCUT2D eigenvalue weighted by atomic mass is 16.5. The van der Waals surface area contributed by atoms with Crippen LogP contribution >= 0.6 is 0 Å². The smallest absolute Gasteiger partial charge is 0.155 e. The van der Waals surface area contributed by atoms with Crippen molar-refractivity contribution in [2.45, 2.75) is 39.7 Å². The van der Waals surface area contributed by atoms with Crippen LogP contribution in [0.3, 0.4) is 0 Å². The first kappa shape index (κ1) is 11.4. The molecule has 2 nitrogen and oxygen atoms in total. The number of carbonyl (C=O) groups is 1. The van der Waals surface area contributed by atoms with Gasteiger partial charge in [-0.05, 0) is 33.3 Å². The van der Waals surface area contributed by atoms with E-state index in [-0.39, 0.29) is 11.9 Å². The van der Waals surface area contributed by atoms with Gasteiger partial charge in [0.25, 0.3) is 0 Å². The van der Waals surface area contributed by atoms with Crippen LogP contribution in [0.2, 0.25) is 0 Å². The van der Waals surface area contributed by atoms with Crippen LogP contribution in [0.1, 0.15) is 33.6 Å². The van der Waals surface area contributed by atoms with Gasteiger partial charge in [0, 0.05) is 13.0 Å². The summed E-state index contributed by atoms with van der Waals surface area (Å²) in [7, 11) is 0. The molecule has 0 fully saturated rings. The lowest BCUT2D eigenvalue weighted by Gasteiger charge is -2.09. The molecule has 0 spiro atoms. The third kappa shape index (κ3) is 6.10. The summed E-state index contributed by atoms with van der Waals surface area (Å²) in [6, 6.07) is 0. The molecule has 0 aliphatic rings. The first-order valence-electron chi connectivity index (χ1n) is 4.47. The van der Waals surface area contributed by atoms with Crippen LogP contribution in [0.25, 0.3) is 0 Å². The number of hydrogen-bond donors (Lipinski definition) is 0. The molecule has 0 aliphatic heterocycles. The summed E-state index contributed by atoms with van der Waals surface area (Å²) >= 11 is 0. The molecule has 0 aliphatic carbocycles. The molecule has 0 aromatic heterocycles. The van der Waals surface area contributed by atoms with Crippen LogP contribution in [0.4, 0.5) is 0 Å². The normalized spacial score (nSPS) is 13.6. The minimum atomic E-state index is 0.184. The van der Waals surface area contributed by atoms with Crippen molar-refractivity contribution in [3.63, 3.8) is 0 Å². The van der Waals surface area contributed by atoms with E-state index in [1.165, 1.54) is 0 Å². The largest absolute Gasteiger partial charge is 0.379 e. The molecule has 0 N–H and O–H groups in total. The molecule has 0 radical (unpaired) electrons. The van der Waals surface area contributed by atoms with Crippen molar-refractivity contribution in [1.82, 2.24) is 0 Å². The van der Waals surface area contributed by atoms with Gasteiger partial charge in [-0.25, -0.2) is 0 Å². The van der Waals surface area contributed by atoms with E-state index in [2.05, 4.69) is 0 Å². The average molecular weight is 170 g/mol. The predicted octanol–water partition coefficient (Wildman–Crippen LogP) is 2.34. The van der Waals surface area contributed by atoms with Gasteiger partial charge in [-0.3, -0.25) is 4.79 Å². The molecule has 2 heteroatoms. The molecule has 0 saturated heterocycles. The van der Waals surface area contributed by atoms with Crippen LogP contribution in [0.15, 0.2) is 12.2 Å². The lowest BCUT2D eigenvalue weighted by Crippen LogP contribution is -2.09. The van der Waals surface area contributed by atoms with Gasteiger partial charge in [0.2, 0.25) is 0 Å². The quantitative estimate of drug-likeness (QED) is 0.572. The van der Waals surface area contributed by atoms with E-state index in [0.717, 1.165) is 13.0 Å². The standard InChI is InChI=1S/C10H18O2/c1-4-6-10(11)8-7-9(3)12-5-2/h4,6,9H,5,7-8H2,1-3H3. The van der Waals surface area contributed by atoms with Gasteiger partial charge in [0.1, 0.15) is 0 Å². The number of carbonyl (C=O) groups excluding carboxylic acids is 1. The Balaban J connectivity index is 3.46. The molecular weight excluding hydrogens is 152 g/mol. The zero-order valence-electron chi connectivity index (χ0n) is 8.17. The predicted molar refractivity (Wildman–Crippen MR) is 50.1 cm³/mol. The minimum absolute atomic E-state index is 0.184. The second kappa shape index (κ2) is 7.04. The summed E-state index contributed by atoms with van der Waals surface area (Å²) < 4.78 is 5.29. The maximum Gasteiger partial charge on any atom is 0.155 e. The highest BCUT2D eigenvalue weighted by Gasteiger charge is 2.03. The molecule has 0 amide bonds. The van der Waals surface area contributed by atoms with Gasteiger partial charge in [0.05, 0.1) is 6.10 Å². The van der Waals surface area contributed by atoms with Crippen molar-refractivity contribution >= 4 is 5.78 Å². The number of rotatable bonds is 6. The Bertz CT molecular complexity index is 150. The number of ether oxygens (including phenoxy) is 1. The third-order valence-corrected chi connectivity index (χ3v) is 1.60. The van der Waals surface area contributed by atoms with Crippen molar-refractivity contribution in [3.05, 3.63) is 12.2 Å². The Kier molecular flexibility index (Phi) is 6.67. The Morgan fingerprint density at radius 1 is 1.58 bits per heavy atom. The maximum absolute atomic E-state index is 11.0. The van der Waals surface area contributed by atoms with Crippen LogP contribution in [0, 0.1) is 0 Å². The Morgan fingerprint density at radius 3 is 2.75 bits per heavy atom. The summed E-state index contributed by atoms with van der Waals surface area (Å²) in [5.41, 5.74) is 0. The molecule has 0 rings (SSSR count). The van der Waals surface area contributed by atoms with E-state index in [4.69, 9.17) is 4.74 Å². The van der Waals surface area contributed by atoms with Gasteiger partial charge in [-0.2, -0.15) is 0 Å². The molecular formula is C10H18O2. The molecule has 0 saturated carbocycles. The molecule has 0 aromatic carbocycles. The van der Waals surface area contributed by atoms with Crippen LogP contribution in [0.5, 0.6) is 0 Å². The first-order valence-corrected chi connectivity index (χ1v) is 4.47. The van der Waals surface area contributed by atoms with E-state index in [9.17, 15) is 4.79 Å². The molecule has 1 atom stereocenters. The van der Waals surface area contributed by atoms with Crippen LogP contribution in [-0.4, -0.2) is 18.5 Å². The zero-order chi connectivity index (χ0) is 9.40. The topological polar surface area (TPSA) is 26.3 Å². The highest BCUT2D eigenvalue weighted by molar-refractivity contribution is 5.89. The van der Waals surface area contributed by atoms with Crippen LogP contribution in [-0.2, 0) is 9.53 Å². The van der Waals surface area contributed by atoms with Gasteiger partial charge < -0.3 is 4.74 Å². The van der Waals surface area contributed by atoms with E-state index in [0.29, 0.717) is 6.42 Å². The number of allylic oxidation sites excluding steroid dienone is 2. The highest BCUT2D eigenvalue weighted by Crippen LogP contribution is 2.02. The van der Waals surface area contributed by atoms with E-state index in [1.807, 2.05) is 20.8 Å². The Morgan fingerprint density at radius 2 is 2.25 bits per heavy atom. The third-order valence-electron chi connectivity index (χ3n) is 1.60. The SMILES string of the molecule is CC=CC(=O)CCC(C)OCC. The van der Waals surface area contributed by atoms with Crippen molar-refractivity contribution in [2.24, 2.45) is 0 Å². The Labute approximate surface area is 74.6 Å². The van der Waals surface area contributed by atoms with Crippen molar-refractivity contribution in [3.8, 4) is 0 Å². The lowest BCUT2D eigenvalue weighted by molar-refractivity contribution is -0.115. The zero-order valence-corrected chi connectivity index (χ0v) is 8.17. The molecule has 1 unspecified atom stereocenters.